The molecule has 0 spiro atoms. The molecule has 0 aromatic rings. The van der Waals surface area contributed by atoms with E-state index in [9.17, 15) is 0 Å². The van der Waals surface area contributed by atoms with Crippen LogP contribution in [0.3, 0.4) is 0 Å². The van der Waals surface area contributed by atoms with E-state index < -0.39 is 0 Å². The van der Waals surface area contributed by atoms with E-state index in [4.69, 9.17) is 16.9 Å². The Bertz CT molecular complexity index is 200. The van der Waals surface area contributed by atoms with Crippen LogP contribution in [0.25, 0.3) is 0 Å². The van der Waals surface area contributed by atoms with Crippen molar-refractivity contribution in [1.29, 1.82) is 5.26 Å². The van der Waals surface area contributed by atoms with Crippen LogP contribution in [0.5, 0.6) is 0 Å². The first-order valence-electron chi connectivity index (χ1n) is 4.96. The molecule has 1 saturated heterocycles. The monoisotopic (exact) mass is 200 g/mol. The number of hydrogen-bond donors (Lipinski definition) is 0. The smallest absolute Gasteiger partial charge is 0.133 e. The van der Waals surface area contributed by atoms with Crippen molar-refractivity contribution in [3.8, 4) is 6.07 Å². The fraction of sp³-hybridized carbons (Fsp3) is 0.900. The number of likely N-dealkylation sites (tertiary alicyclic amines) is 1. The lowest BCUT2D eigenvalue weighted by molar-refractivity contribution is 0.231. The largest absolute Gasteiger partial charge is 0.298 e. The molecule has 0 aromatic carbocycles. The van der Waals surface area contributed by atoms with E-state index in [-0.39, 0.29) is 5.38 Å². The molecule has 0 bridgehead atoms. The van der Waals surface area contributed by atoms with E-state index in [2.05, 4.69) is 24.8 Å². The molecule has 13 heavy (non-hydrogen) atoms. The lowest BCUT2D eigenvalue weighted by Gasteiger charge is -2.25. The van der Waals surface area contributed by atoms with Crippen molar-refractivity contribution in [2.45, 2.75) is 38.1 Å². The molecule has 0 aromatic heterocycles. The van der Waals surface area contributed by atoms with Gasteiger partial charge in [0.1, 0.15) is 5.38 Å². The molecule has 0 saturated carbocycles. The SMILES string of the molecule is CCC1C(C)CCN1CC(Cl)C#N. The number of rotatable bonds is 3. The Labute approximate surface area is 85.5 Å². The first-order chi connectivity index (χ1) is 6.19. The highest BCUT2D eigenvalue weighted by Gasteiger charge is 2.30. The quantitative estimate of drug-likeness (QED) is 0.654. The molecule has 3 heteroatoms. The minimum atomic E-state index is -0.348. The van der Waals surface area contributed by atoms with Crippen LogP contribution in [0.15, 0.2) is 0 Å². The summed E-state index contributed by atoms with van der Waals surface area (Å²) < 4.78 is 0. The van der Waals surface area contributed by atoms with Crippen molar-refractivity contribution in [2.24, 2.45) is 5.92 Å². The average molecular weight is 201 g/mol. The first kappa shape index (κ1) is 10.8. The van der Waals surface area contributed by atoms with Crippen LogP contribution < -0.4 is 0 Å². The van der Waals surface area contributed by atoms with Gasteiger partial charge in [-0.15, -0.1) is 11.6 Å². The van der Waals surface area contributed by atoms with Crippen molar-refractivity contribution >= 4 is 11.6 Å². The molecule has 2 nitrogen and oxygen atoms in total. The molecule has 3 unspecified atom stereocenters. The highest BCUT2D eigenvalue weighted by atomic mass is 35.5. The summed E-state index contributed by atoms with van der Waals surface area (Å²) in [7, 11) is 0. The molecule has 1 heterocycles. The second-order valence-corrected chi connectivity index (χ2v) is 4.36. The molecule has 1 rings (SSSR count). The van der Waals surface area contributed by atoms with Gasteiger partial charge in [0.25, 0.3) is 0 Å². The number of nitrogens with zero attached hydrogens (tertiary/aromatic N) is 2. The predicted molar refractivity (Wildman–Crippen MR) is 54.7 cm³/mol. The van der Waals surface area contributed by atoms with E-state index in [0.717, 1.165) is 25.4 Å². The maximum Gasteiger partial charge on any atom is 0.133 e. The molecule has 0 N–H and O–H groups in total. The summed E-state index contributed by atoms with van der Waals surface area (Å²) >= 11 is 5.81. The van der Waals surface area contributed by atoms with Crippen LogP contribution in [-0.2, 0) is 0 Å². The molecule has 74 valence electrons. The Balaban J connectivity index is 2.47. The van der Waals surface area contributed by atoms with Crippen molar-refractivity contribution in [3.63, 3.8) is 0 Å². The fourth-order valence-corrected chi connectivity index (χ4v) is 2.40. The van der Waals surface area contributed by atoms with Gasteiger partial charge in [0.05, 0.1) is 6.07 Å². The van der Waals surface area contributed by atoms with Gasteiger partial charge >= 0.3 is 0 Å². The summed E-state index contributed by atoms with van der Waals surface area (Å²) in [4.78, 5) is 2.35. The average Bonchev–Trinajstić information content (AvgIpc) is 2.46. The second-order valence-electron chi connectivity index (χ2n) is 3.83. The summed E-state index contributed by atoms with van der Waals surface area (Å²) in [5, 5.41) is 8.26. The summed E-state index contributed by atoms with van der Waals surface area (Å²) in [5.41, 5.74) is 0. The molecule has 0 aliphatic carbocycles. The van der Waals surface area contributed by atoms with Crippen molar-refractivity contribution < 1.29 is 0 Å². The Kier molecular flexibility index (Phi) is 4.02. The van der Waals surface area contributed by atoms with E-state index in [1.54, 1.807) is 0 Å². The minimum Gasteiger partial charge on any atom is -0.298 e. The van der Waals surface area contributed by atoms with Gasteiger partial charge in [-0.2, -0.15) is 5.26 Å². The van der Waals surface area contributed by atoms with Crippen LogP contribution in [-0.4, -0.2) is 29.4 Å². The van der Waals surface area contributed by atoms with Crippen LogP contribution in [0.2, 0.25) is 0 Å². The Morgan fingerprint density at radius 2 is 2.38 bits per heavy atom. The lowest BCUT2D eigenvalue weighted by atomic mass is 10.0. The van der Waals surface area contributed by atoms with E-state index in [0.29, 0.717) is 6.04 Å². The summed E-state index contributed by atoms with van der Waals surface area (Å²) in [6.07, 6.45) is 2.41. The molecular formula is C10H17ClN2. The maximum absolute atomic E-state index is 8.61. The third kappa shape index (κ3) is 2.59. The summed E-state index contributed by atoms with van der Waals surface area (Å²) in [6.45, 7) is 6.31. The van der Waals surface area contributed by atoms with Crippen molar-refractivity contribution in [2.75, 3.05) is 13.1 Å². The van der Waals surface area contributed by atoms with Crippen LogP contribution >= 0.6 is 11.6 Å². The molecular weight excluding hydrogens is 184 g/mol. The standard InChI is InChI=1S/C10H17ClN2/c1-3-10-8(2)4-5-13(10)7-9(11)6-12/h8-10H,3-5,7H2,1-2H3. The minimum absolute atomic E-state index is 0.348. The van der Waals surface area contributed by atoms with Gasteiger partial charge in [-0.05, 0) is 25.3 Å². The predicted octanol–water partition coefficient (Wildman–Crippen LogP) is 2.24. The molecule has 3 atom stereocenters. The van der Waals surface area contributed by atoms with E-state index in [1.165, 1.54) is 6.42 Å². The third-order valence-corrected chi connectivity index (χ3v) is 3.19. The van der Waals surface area contributed by atoms with Gasteiger partial charge in [-0.25, -0.2) is 0 Å². The van der Waals surface area contributed by atoms with Gasteiger partial charge in [0.15, 0.2) is 0 Å². The third-order valence-electron chi connectivity index (χ3n) is 2.95. The molecule has 0 radical (unpaired) electrons. The van der Waals surface area contributed by atoms with E-state index in [1.807, 2.05) is 0 Å². The normalized spacial score (nSPS) is 31.5. The summed E-state index contributed by atoms with van der Waals surface area (Å²) in [5.74, 6) is 0.757. The Morgan fingerprint density at radius 1 is 1.69 bits per heavy atom. The van der Waals surface area contributed by atoms with E-state index >= 15 is 0 Å². The molecule has 1 fully saturated rings. The number of alkyl halides is 1. The van der Waals surface area contributed by atoms with Gasteiger partial charge in [0, 0.05) is 12.6 Å². The molecule has 1 aliphatic heterocycles. The zero-order valence-electron chi connectivity index (χ0n) is 8.33. The van der Waals surface area contributed by atoms with Gasteiger partial charge in [0.2, 0.25) is 0 Å². The van der Waals surface area contributed by atoms with Crippen LogP contribution in [0, 0.1) is 17.2 Å². The lowest BCUT2D eigenvalue weighted by Crippen LogP contribution is -2.35. The van der Waals surface area contributed by atoms with Crippen LogP contribution in [0.4, 0.5) is 0 Å². The van der Waals surface area contributed by atoms with Crippen molar-refractivity contribution in [3.05, 3.63) is 0 Å². The Hall–Kier alpha value is -0.260. The number of halogens is 1. The Morgan fingerprint density at radius 3 is 2.92 bits per heavy atom. The van der Waals surface area contributed by atoms with Gasteiger partial charge < -0.3 is 0 Å². The van der Waals surface area contributed by atoms with Gasteiger partial charge in [-0.3, -0.25) is 4.90 Å². The fourth-order valence-electron chi connectivity index (χ4n) is 2.22. The summed E-state index contributed by atoms with van der Waals surface area (Å²) in [6, 6.07) is 2.71. The highest BCUT2D eigenvalue weighted by Crippen LogP contribution is 2.26. The number of nitriles is 1. The molecule has 0 amide bonds. The highest BCUT2D eigenvalue weighted by molar-refractivity contribution is 6.22. The van der Waals surface area contributed by atoms with Crippen LogP contribution in [0.1, 0.15) is 26.7 Å². The van der Waals surface area contributed by atoms with Gasteiger partial charge in [-0.1, -0.05) is 13.8 Å². The molecule has 1 aliphatic rings. The van der Waals surface area contributed by atoms with Crippen molar-refractivity contribution in [1.82, 2.24) is 4.90 Å². The zero-order chi connectivity index (χ0) is 9.84. The zero-order valence-corrected chi connectivity index (χ0v) is 9.09. The topological polar surface area (TPSA) is 27.0 Å². The second kappa shape index (κ2) is 4.83. The number of hydrogen-bond acceptors (Lipinski definition) is 2. The maximum atomic E-state index is 8.61. The first-order valence-corrected chi connectivity index (χ1v) is 5.40.